The molecule has 0 radical (unpaired) electrons. The Balaban J connectivity index is 1.32. The van der Waals surface area contributed by atoms with E-state index in [1.807, 2.05) is 4.90 Å². The zero-order chi connectivity index (χ0) is 22.5. The van der Waals surface area contributed by atoms with Crippen molar-refractivity contribution in [3.63, 3.8) is 0 Å². The Bertz CT molecular complexity index is 729. The Kier molecular flexibility index (Phi) is 6.38. The second-order valence-corrected chi connectivity index (χ2v) is 11.3. The third-order valence-electron chi connectivity index (χ3n) is 9.11. The molecule has 6 aliphatic rings. The minimum Gasteiger partial charge on any atom is -0.375 e. The number of nitrogens with one attached hydrogen (secondary N) is 4. The maximum absolute atomic E-state index is 14.9. The molecule has 9 heteroatoms. The molecule has 1 amide bonds. The second-order valence-electron chi connectivity index (χ2n) is 11.3. The lowest BCUT2D eigenvalue weighted by molar-refractivity contribution is -0.134. The van der Waals surface area contributed by atoms with Gasteiger partial charge in [-0.2, -0.15) is 0 Å². The molecule has 8 unspecified atom stereocenters. The Labute approximate surface area is 196 Å². The molecule has 1 aliphatic carbocycles. The van der Waals surface area contributed by atoms with Crippen molar-refractivity contribution in [3.8, 4) is 0 Å². The number of carbonyl (C=O) groups excluding carboxylic acids is 1. The molecule has 5 aliphatic heterocycles. The first-order valence-electron chi connectivity index (χ1n) is 13.4. The van der Waals surface area contributed by atoms with Crippen LogP contribution in [0.3, 0.4) is 0 Å². The van der Waals surface area contributed by atoms with Gasteiger partial charge in [0, 0.05) is 57.0 Å². The maximum atomic E-state index is 14.9. The van der Waals surface area contributed by atoms with Crippen LogP contribution in [0.25, 0.3) is 0 Å². The van der Waals surface area contributed by atoms with Gasteiger partial charge in [-0.15, -0.1) is 0 Å². The van der Waals surface area contributed by atoms with Crippen LogP contribution in [0.1, 0.15) is 51.9 Å². The predicted octanol–water partition coefficient (Wildman–Crippen LogP) is 0.142. The highest BCUT2D eigenvalue weighted by Gasteiger charge is 2.51. The first kappa shape index (κ1) is 22.6. The third kappa shape index (κ3) is 4.45. The van der Waals surface area contributed by atoms with E-state index in [1.54, 1.807) is 0 Å². The highest BCUT2D eigenvalue weighted by atomic mass is 19.1. The summed E-state index contributed by atoms with van der Waals surface area (Å²) in [4.78, 5) is 18.0. The molecule has 0 spiro atoms. The Morgan fingerprint density at radius 2 is 1.94 bits per heavy atom. The molecule has 6 fully saturated rings. The van der Waals surface area contributed by atoms with Crippen molar-refractivity contribution in [2.45, 2.75) is 107 Å². The van der Waals surface area contributed by atoms with Crippen molar-refractivity contribution >= 4 is 5.91 Å². The fourth-order valence-electron chi connectivity index (χ4n) is 7.67. The van der Waals surface area contributed by atoms with Gasteiger partial charge in [0.05, 0.1) is 24.5 Å². The number of ether oxygens (including phenoxy) is 1. The minimum atomic E-state index is -0.741. The van der Waals surface area contributed by atoms with E-state index in [4.69, 9.17) is 4.74 Å². The Morgan fingerprint density at radius 3 is 2.85 bits per heavy atom. The molecule has 1 saturated carbocycles. The van der Waals surface area contributed by atoms with Crippen molar-refractivity contribution in [2.75, 3.05) is 32.8 Å². The van der Waals surface area contributed by atoms with Gasteiger partial charge in [-0.3, -0.25) is 25.6 Å². The number of rotatable bonds is 0. The van der Waals surface area contributed by atoms with E-state index in [1.165, 1.54) is 0 Å². The van der Waals surface area contributed by atoms with Gasteiger partial charge in [-0.1, -0.05) is 0 Å². The molecule has 0 aromatic carbocycles. The first-order chi connectivity index (χ1) is 16.0. The summed E-state index contributed by atoms with van der Waals surface area (Å²) in [5, 5.41) is 14.9. The van der Waals surface area contributed by atoms with Crippen molar-refractivity contribution < 1.29 is 13.9 Å². The van der Waals surface area contributed by atoms with E-state index < -0.39 is 6.17 Å². The van der Waals surface area contributed by atoms with E-state index in [2.05, 4.69) is 33.1 Å². The van der Waals surface area contributed by atoms with Crippen molar-refractivity contribution in [1.29, 1.82) is 0 Å². The summed E-state index contributed by atoms with van der Waals surface area (Å²) in [6.45, 7) is 5.94. The number of nitrogens with zero attached hydrogens (tertiary/aromatic N) is 2. The van der Waals surface area contributed by atoms with Gasteiger partial charge in [0.1, 0.15) is 6.17 Å². The number of halogens is 1. The van der Waals surface area contributed by atoms with E-state index in [0.29, 0.717) is 38.1 Å². The fraction of sp³-hybridized carbons (Fsp3) is 0.958. The van der Waals surface area contributed by atoms with Gasteiger partial charge in [0.25, 0.3) is 0 Å². The van der Waals surface area contributed by atoms with Crippen molar-refractivity contribution in [1.82, 2.24) is 31.1 Å². The summed E-state index contributed by atoms with van der Waals surface area (Å²) >= 11 is 0. The number of fused-ring (bicyclic) bond motifs is 7. The summed E-state index contributed by atoms with van der Waals surface area (Å²) in [7, 11) is 0. The lowest BCUT2D eigenvalue weighted by atomic mass is 9.74. The molecule has 8 nitrogen and oxygen atoms in total. The van der Waals surface area contributed by atoms with Crippen molar-refractivity contribution in [3.05, 3.63) is 0 Å². The van der Waals surface area contributed by atoms with Crippen LogP contribution in [-0.4, -0.2) is 103 Å². The highest BCUT2D eigenvalue weighted by Crippen LogP contribution is 2.39. The molecule has 0 aromatic rings. The van der Waals surface area contributed by atoms with Gasteiger partial charge in [-0.25, -0.2) is 4.39 Å². The van der Waals surface area contributed by atoms with Crippen LogP contribution in [0.15, 0.2) is 0 Å². The van der Waals surface area contributed by atoms with Crippen LogP contribution in [0.4, 0.5) is 4.39 Å². The number of hydrogen-bond acceptors (Lipinski definition) is 7. The zero-order valence-corrected chi connectivity index (χ0v) is 19.8. The molecule has 5 heterocycles. The molecule has 4 N–H and O–H groups in total. The van der Waals surface area contributed by atoms with Gasteiger partial charge in [0.15, 0.2) is 0 Å². The normalized spacial score (nSPS) is 49.2. The number of piperidine rings is 1. The fourth-order valence-corrected chi connectivity index (χ4v) is 7.67. The van der Waals surface area contributed by atoms with Crippen LogP contribution in [0.5, 0.6) is 0 Å². The van der Waals surface area contributed by atoms with Gasteiger partial charge < -0.3 is 15.0 Å². The largest absolute Gasteiger partial charge is 0.375 e. The molecule has 10 atom stereocenters. The van der Waals surface area contributed by atoms with Gasteiger partial charge in [0.2, 0.25) is 5.91 Å². The van der Waals surface area contributed by atoms with E-state index in [9.17, 15) is 9.18 Å². The SMILES string of the molecule is CC1NC2CC(F)CC3C4CCCC(N4)N[C@@H]4CN[C@@H](C4)C(=O)N4CCCOC(C4)CN1C23. The lowest BCUT2D eigenvalue weighted by Gasteiger charge is -2.46. The molecule has 0 aromatic heterocycles. The number of alkyl halides is 1. The van der Waals surface area contributed by atoms with Crippen LogP contribution in [0.2, 0.25) is 0 Å². The van der Waals surface area contributed by atoms with E-state index in [-0.39, 0.29) is 48.4 Å². The standard InChI is InChI=1S/C24H41FN6O2/c1-14-27-20-9-15(25)8-18-19-4-2-5-22(29-19)28-16-10-21(26-11-16)24(32)30-6-3-7-33-17(12-30)13-31(14)23(18)20/h14-23,26-29H,2-13H2,1H3/t14?,15?,16-,17?,18?,19?,20?,21-,22?,23?/m0/s1. The number of amides is 1. The Morgan fingerprint density at radius 1 is 1.03 bits per heavy atom. The third-order valence-corrected chi connectivity index (χ3v) is 9.11. The molecular weight excluding hydrogens is 423 g/mol. The average Bonchev–Trinajstić information content (AvgIpc) is 3.29. The number of hydrogen-bond donors (Lipinski definition) is 4. The van der Waals surface area contributed by atoms with Crippen LogP contribution in [-0.2, 0) is 9.53 Å². The first-order valence-corrected chi connectivity index (χ1v) is 13.4. The van der Waals surface area contributed by atoms with E-state index in [0.717, 1.165) is 51.7 Å². The minimum absolute atomic E-state index is 0.00397. The zero-order valence-electron chi connectivity index (χ0n) is 19.8. The maximum Gasteiger partial charge on any atom is 0.239 e. The smallest absolute Gasteiger partial charge is 0.239 e. The lowest BCUT2D eigenvalue weighted by Crippen LogP contribution is -2.61. The molecular formula is C24H41FN6O2. The topological polar surface area (TPSA) is 80.9 Å². The molecule has 33 heavy (non-hydrogen) atoms. The second kappa shape index (κ2) is 9.32. The van der Waals surface area contributed by atoms with Gasteiger partial charge in [-0.05, 0) is 57.8 Å². The van der Waals surface area contributed by atoms with Crippen LogP contribution in [0, 0.1) is 5.92 Å². The van der Waals surface area contributed by atoms with Crippen molar-refractivity contribution in [2.24, 2.45) is 5.92 Å². The summed E-state index contributed by atoms with van der Waals surface area (Å²) in [5.41, 5.74) is 0. The Hall–Kier alpha value is -0.840. The summed E-state index contributed by atoms with van der Waals surface area (Å²) < 4.78 is 21.2. The van der Waals surface area contributed by atoms with Gasteiger partial charge >= 0.3 is 0 Å². The quantitative estimate of drug-likeness (QED) is 0.406. The molecule has 6 rings (SSSR count). The van der Waals surface area contributed by atoms with Crippen LogP contribution < -0.4 is 21.3 Å². The molecule has 186 valence electrons. The summed E-state index contributed by atoms with van der Waals surface area (Å²) in [5.74, 6) is 0.504. The summed E-state index contributed by atoms with van der Waals surface area (Å²) in [6.07, 6.45) is 5.99. The highest BCUT2D eigenvalue weighted by molar-refractivity contribution is 5.82. The average molecular weight is 465 g/mol. The van der Waals surface area contributed by atoms with E-state index >= 15 is 0 Å². The van der Waals surface area contributed by atoms with Crippen LogP contribution >= 0.6 is 0 Å². The summed E-state index contributed by atoms with van der Waals surface area (Å²) in [6, 6.07) is 0.987. The molecule has 6 bridgehead atoms. The molecule has 5 saturated heterocycles. The monoisotopic (exact) mass is 464 g/mol. The predicted molar refractivity (Wildman–Crippen MR) is 123 cm³/mol. The number of carbonyl (C=O) groups is 1.